The fraction of sp³-hybridized carbons (Fsp3) is 0.368. The lowest BCUT2D eigenvalue weighted by Crippen LogP contribution is -2.42. The second-order valence-electron chi connectivity index (χ2n) is 6.36. The first-order valence-corrected chi connectivity index (χ1v) is 7.71. The van der Waals surface area contributed by atoms with Gasteiger partial charge in [-0.25, -0.2) is 0 Å². The molecular formula is C19H24N2O2. The van der Waals surface area contributed by atoms with E-state index >= 15 is 0 Å². The number of nitrogens with zero attached hydrogens (tertiary/aromatic N) is 1. The molecule has 4 nitrogen and oxygen atoms in total. The molecular weight excluding hydrogens is 288 g/mol. The van der Waals surface area contributed by atoms with E-state index in [1.54, 1.807) is 19.5 Å². The van der Waals surface area contributed by atoms with Crippen molar-refractivity contribution >= 4 is 5.91 Å². The number of carbonyl (C=O) groups excluding carboxylic acids is 1. The molecule has 0 bridgehead atoms. The lowest BCUT2D eigenvalue weighted by atomic mass is 9.90. The zero-order valence-electron chi connectivity index (χ0n) is 14.2. The molecule has 4 heteroatoms. The molecule has 2 aromatic rings. The number of pyridine rings is 1. The molecule has 1 aromatic heterocycles. The van der Waals surface area contributed by atoms with Crippen LogP contribution in [-0.2, 0) is 9.53 Å². The summed E-state index contributed by atoms with van der Waals surface area (Å²) in [7, 11) is 1.61. The van der Waals surface area contributed by atoms with E-state index in [1.165, 1.54) is 0 Å². The fourth-order valence-corrected chi connectivity index (χ4v) is 2.56. The van der Waals surface area contributed by atoms with Gasteiger partial charge in [0.25, 0.3) is 0 Å². The number of nitrogens with one attached hydrogen (secondary N) is 1. The number of amides is 1. The molecule has 1 amide bonds. The van der Waals surface area contributed by atoms with Crippen LogP contribution in [0, 0.1) is 12.3 Å². The minimum Gasteiger partial charge on any atom is -0.384 e. The van der Waals surface area contributed by atoms with Gasteiger partial charge >= 0.3 is 0 Å². The highest BCUT2D eigenvalue weighted by molar-refractivity contribution is 5.82. The Morgan fingerprint density at radius 3 is 2.48 bits per heavy atom. The first-order valence-electron chi connectivity index (χ1n) is 7.71. The van der Waals surface area contributed by atoms with Crippen molar-refractivity contribution in [1.82, 2.24) is 10.3 Å². The van der Waals surface area contributed by atoms with E-state index in [0.29, 0.717) is 6.61 Å². The van der Waals surface area contributed by atoms with E-state index in [0.717, 1.165) is 16.7 Å². The number of aromatic nitrogens is 1. The summed E-state index contributed by atoms with van der Waals surface area (Å²) in [5.74, 6) is -0.0376. The average molecular weight is 312 g/mol. The Labute approximate surface area is 137 Å². The van der Waals surface area contributed by atoms with Crippen LogP contribution in [0.25, 0.3) is 0 Å². The summed E-state index contributed by atoms with van der Waals surface area (Å²) in [6.45, 7) is 6.19. The largest absolute Gasteiger partial charge is 0.384 e. The van der Waals surface area contributed by atoms with Crippen molar-refractivity contribution in [2.75, 3.05) is 13.7 Å². The molecule has 23 heavy (non-hydrogen) atoms. The van der Waals surface area contributed by atoms with Crippen molar-refractivity contribution in [2.45, 2.75) is 26.8 Å². The molecule has 1 heterocycles. The highest BCUT2D eigenvalue weighted by Gasteiger charge is 2.30. The molecule has 0 saturated carbocycles. The van der Waals surface area contributed by atoms with Crippen LogP contribution < -0.4 is 5.32 Å². The molecule has 0 aliphatic heterocycles. The van der Waals surface area contributed by atoms with E-state index in [4.69, 9.17) is 4.74 Å². The van der Waals surface area contributed by atoms with Crippen LogP contribution in [0.3, 0.4) is 0 Å². The van der Waals surface area contributed by atoms with E-state index in [1.807, 2.05) is 44.2 Å². The molecule has 0 aliphatic carbocycles. The smallest absolute Gasteiger partial charge is 0.228 e. The summed E-state index contributed by atoms with van der Waals surface area (Å²) >= 11 is 0. The molecule has 0 saturated heterocycles. The maximum atomic E-state index is 12.7. The van der Waals surface area contributed by atoms with Gasteiger partial charge in [0.05, 0.1) is 18.1 Å². The van der Waals surface area contributed by atoms with Gasteiger partial charge < -0.3 is 10.1 Å². The summed E-state index contributed by atoms with van der Waals surface area (Å²) < 4.78 is 5.17. The van der Waals surface area contributed by atoms with Crippen LogP contribution >= 0.6 is 0 Å². The van der Waals surface area contributed by atoms with Crippen molar-refractivity contribution in [2.24, 2.45) is 5.41 Å². The monoisotopic (exact) mass is 312 g/mol. The third-order valence-corrected chi connectivity index (χ3v) is 3.93. The number of benzene rings is 1. The standard InChI is InChI=1S/C19H24N2O2/c1-14-7-5-6-8-16(14)17(15-9-11-20-12-10-15)21-18(22)19(2,3)13-23-4/h5-12,17H,13H2,1-4H3,(H,21,22)/t17-/m0/s1. The van der Waals surface area contributed by atoms with Crippen molar-refractivity contribution in [3.05, 3.63) is 65.5 Å². The number of aryl methyl sites for hydroxylation is 1. The third-order valence-electron chi connectivity index (χ3n) is 3.93. The normalized spacial score (nSPS) is 12.7. The SMILES string of the molecule is COCC(C)(C)C(=O)N[C@@H](c1ccncc1)c1ccccc1C. The Morgan fingerprint density at radius 1 is 1.22 bits per heavy atom. The summed E-state index contributed by atoms with van der Waals surface area (Å²) in [4.78, 5) is 16.8. The number of rotatable bonds is 6. The van der Waals surface area contributed by atoms with Crippen LogP contribution in [0.5, 0.6) is 0 Å². The van der Waals surface area contributed by atoms with Crippen molar-refractivity contribution in [3.8, 4) is 0 Å². The van der Waals surface area contributed by atoms with E-state index in [2.05, 4.69) is 23.3 Å². The molecule has 2 rings (SSSR count). The highest BCUT2D eigenvalue weighted by Crippen LogP contribution is 2.26. The second-order valence-corrected chi connectivity index (χ2v) is 6.36. The van der Waals surface area contributed by atoms with Gasteiger partial charge in [-0.1, -0.05) is 24.3 Å². The van der Waals surface area contributed by atoms with Crippen LogP contribution in [0.15, 0.2) is 48.8 Å². The topological polar surface area (TPSA) is 51.2 Å². The average Bonchev–Trinajstić information content (AvgIpc) is 2.54. The van der Waals surface area contributed by atoms with Crippen molar-refractivity contribution in [1.29, 1.82) is 0 Å². The number of ether oxygens (including phenoxy) is 1. The van der Waals surface area contributed by atoms with Gasteiger partial charge in [0.2, 0.25) is 5.91 Å². The van der Waals surface area contributed by atoms with Gasteiger partial charge in [-0.2, -0.15) is 0 Å². The summed E-state index contributed by atoms with van der Waals surface area (Å²) in [6, 6.07) is 11.7. The third kappa shape index (κ3) is 4.17. The molecule has 1 N–H and O–H groups in total. The molecule has 122 valence electrons. The van der Waals surface area contributed by atoms with Gasteiger partial charge in [-0.15, -0.1) is 0 Å². The Kier molecular flexibility index (Phi) is 5.50. The molecule has 0 fully saturated rings. The minimum absolute atomic E-state index is 0.0376. The highest BCUT2D eigenvalue weighted by atomic mass is 16.5. The predicted molar refractivity (Wildman–Crippen MR) is 91.1 cm³/mol. The van der Waals surface area contributed by atoms with Gasteiger partial charge in [-0.3, -0.25) is 9.78 Å². The summed E-state index contributed by atoms with van der Waals surface area (Å²) in [6.07, 6.45) is 3.49. The molecule has 0 spiro atoms. The maximum Gasteiger partial charge on any atom is 0.228 e. The zero-order chi connectivity index (χ0) is 16.9. The number of hydrogen-bond acceptors (Lipinski definition) is 3. The molecule has 1 atom stereocenters. The van der Waals surface area contributed by atoms with Gasteiger partial charge in [0, 0.05) is 19.5 Å². The quantitative estimate of drug-likeness (QED) is 0.890. The molecule has 0 radical (unpaired) electrons. The van der Waals surface area contributed by atoms with Crippen LogP contribution in [-0.4, -0.2) is 24.6 Å². The van der Waals surface area contributed by atoms with Crippen LogP contribution in [0.2, 0.25) is 0 Å². The molecule has 0 unspecified atom stereocenters. The minimum atomic E-state index is -0.595. The number of carbonyl (C=O) groups is 1. The summed E-state index contributed by atoms with van der Waals surface area (Å²) in [5.41, 5.74) is 2.64. The number of methoxy groups -OCH3 is 1. The van der Waals surface area contributed by atoms with E-state index < -0.39 is 5.41 Å². The predicted octanol–water partition coefficient (Wildman–Crippen LogP) is 3.27. The maximum absolute atomic E-state index is 12.7. The van der Waals surface area contributed by atoms with Gasteiger partial charge in [0.1, 0.15) is 0 Å². The molecule has 1 aromatic carbocycles. The van der Waals surface area contributed by atoms with Crippen molar-refractivity contribution in [3.63, 3.8) is 0 Å². The van der Waals surface area contributed by atoms with Crippen LogP contribution in [0.1, 0.15) is 36.6 Å². The number of hydrogen-bond donors (Lipinski definition) is 1. The first-order chi connectivity index (χ1) is 11.0. The van der Waals surface area contributed by atoms with Gasteiger partial charge in [-0.05, 0) is 49.6 Å². The Hall–Kier alpha value is -2.20. The van der Waals surface area contributed by atoms with E-state index in [9.17, 15) is 4.79 Å². The van der Waals surface area contributed by atoms with E-state index in [-0.39, 0.29) is 11.9 Å². The van der Waals surface area contributed by atoms with Crippen LogP contribution in [0.4, 0.5) is 0 Å². The van der Waals surface area contributed by atoms with Gasteiger partial charge in [0.15, 0.2) is 0 Å². The lowest BCUT2D eigenvalue weighted by molar-refractivity contribution is -0.132. The zero-order valence-corrected chi connectivity index (χ0v) is 14.2. The first kappa shape index (κ1) is 17.2. The second kappa shape index (κ2) is 7.38. The summed E-state index contributed by atoms with van der Waals surface area (Å²) in [5, 5.41) is 3.17. The Bertz CT molecular complexity index is 653. The Morgan fingerprint density at radius 2 is 1.87 bits per heavy atom. The Balaban J connectivity index is 2.36. The fourth-order valence-electron chi connectivity index (χ4n) is 2.56. The molecule has 0 aliphatic rings. The lowest BCUT2D eigenvalue weighted by Gasteiger charge is -2.28. The van der Waals surface area contributed by atoms with Crippen molar-refractivity contribution < 1.29 is 9.53 Å².